The van der Waals surface area contributed by atoms with Crippen LogP contribution in [0.3, 0.4) is 0 Å². The van der Waals surface area contributed by atoms with E-state index in [1.165, 1.54) is 12.1 Å². The van der Waals surface area contributed by atoms with Crippen molar-refractivity contribution in [1.29, 1.82) is 0 Å². The highest BCUT2D eigenvalue weighted by Crippen LogP contribution is 2.18. The Kier molecular flexibility index (Phi) is 5.62. The molecule has 0 fully saturated rings. The van der Waals surface area contributed by atoms with Crippen LogP contribution in [0.15, 0.2) is 24.3 Å². The van der Waals surface area contributed by atoms with Crippen molar-refractivity contribution in [3.8, 4) is 5.75 Å². The van der Waals surface area contributed by atoms with Crippen LogP contribution in [0.2, 0.25) is 0 Å². The van der Waals surface area contributed by atoms with Crippen LogP contribution in [-0.4, -0.2) is 18.6 Å². The van der Waals surface area contributed by atoms with Crippen LogP contribution in [0.5, 0.6) is 5.75 Å². The van der Waals surface area contributed by atoms with Gasteiger partial charge in [0.2, 0.25) is 0 Å². The Bertz CT molecular complexity index is 393. The van der Waals surface area contributed by atoms with Gasteiger partial charge in [-0.1, -0.05) is 32.9 Å². The number of hydrogen-bond acceptors (Lipinski definition) is 2. The van der Waals surface area contributed by atoms with E-state index >= 15 is 0 Å². The van der Waals surface area contributed by atoms with Crippen molar-refractivity contribution in [2.75, 3.05) is 6.54 Å². The lowest BCUT2D eigenvalue weighted by Gasteiger charge is -2.18. The van der Waals surface area contributed by atoms with Crippen LogP contribution in [-0.2, 0) is 4.79 Å². The van der Waals surface area contributed by atoms with Gasteiger partial charge in [0.25, 0.3) is 5.91 Å². The maximum absolute atomic E-state index is 13.4. The number of rotatable bonds is 6. The van der Waals surface area contributed by atoms with Crippen molar-refractivity contribution in [2.45, 2.75) is 33.3 Å². The van der Waals surface area contributed by atoms with Gasteiger partial charge < -0.3 is 10.1 Å². The summed E-state index contributed by atoms with van der Waals surface area (Å²) in [4.78, 5) is 11.8. The third-order valence-corrected chi connectivity index (χ3v) is 2.45. The first-order valence-electron chi connectivity index (χ1n) is 6.23. The van der Waals surface area contributed by atoms with Gasteiger partial charge in [0.1, 0.15) is 0 Å². The van der Waals surface area contributed by atoms with E-state index < -0.39 is 11.9 Å². The summed E-state index contributed by atoms with van der Waals surface area (Å²) in [6.07, 6.45) is -0.154. The average Bonchev–Trinajstić information content (AvgIpc) is 2.35. The zero-order chi connectivity index (χ0) is 13.5. The molecule has 1 N–H and O–H groups in total. The van der Waals surface area contributed by atoms with Crippen molar-refractivity contribution in [2.24, 2.45) is 5.92 Å². The van der Waals surface area contributed by atoms with Crippen LogP contribution in [0.25, 0.3) is 0 Å². The first-order valence-corrected chi connectivity index (χ1v) is 6.23. The zero-order valence-electron chi connectivity index (χ0n) is 11.1. The molecule has 0 spiro atoms. The summed E-state index contributed by atoms with van der Waals surface area (Å²) < 4.78 is 18.8. The van der Waals surface area contributed by atoms with E-state index in [2.05, 4.69) is 5.32 Å². The highest BCUT2D eigenvalue weighted by atomic mass is 19.1. The van der Waals surface area contributed by atoms with Crippen molar-refractivity contribution in [1.82, 2.24) is 5.32 Å². The minimum Gasteiger partial charge on any atom is -0.478 e. The number of carbonyl (C=O) groups excluding carboxylic acids is 1. The molecule has 0 aliphatic heterocycles. The standard InChI is InChI=1S/C14H20FNO2/c1-4-12(14(17)16-9-10(2)3)18-13-8-6-5-7-11(13)15/h5-8,10,12H,4,9H2,1-3H3,(H,16,17)/t12-/m1/s1. The fourth-order valence-corrected chi connectivity index (χ4v) is 1.43. The topological polar surface area (TPSA) is 38.3 Å². The van der Waals surface area contributed by atoms with Crippen LogP contribution in [0, 0.1) is 11.7 Å². The Labute approximate surface area is 107 Å². The van der Waals surface area contributed by atoms with Gasteiger partial charge >= 0.3 is 0 Å². The molecule has 0 aliphatic carbocycles. The quantitative estimate of drug-likeness (QED) is 0.846. The summed E-state index contributed by atoms with van der Waals surface area (Å²) in [6, 6.07) is 6.10. The minimum atomic E-state index is -0.652. The lowest BCUT2D eigenvalue weighted by atomic mass is 10.2. The second-order valence-corrected chi connectivity index (χ2v) is 4.58. The van der Waals surface area contributed by atoms with Gasteiger partial charge in [0.15, 0.2) is 17.7 Å². The Balaban J connectivity index is 2.62. The third kappa shape index (κ3) is 4.35. The molecule has 1 aromatic rings. The first kappa shape index (κ1) is 14.5. The third-order valence-electron chi connectivity index (χ3n) is 2.45. The predicted octanol–water partition coefficient (Wildman–Crippen LogP) is 2.76. The number of halogens is 1. The Morgan fingerprint density at radius 1 is 1.39 bits per heavy atom. The smallest absolute Gasteiger partial charge is 0.261 e. The van der Waals surface area contributed by atoms with Gasteiger partial charge in [-0.25, -0.2) is 4.39 Å². The van der Waals surface area contributed by atoms with Crippen LogP contribution in [0.4, 0.5) is 4.39 Å². The Morgan fingerprint density at radius 2 is 2.06 bits per heavy atom. The summed E-state index contributed by atoms with van der Waals surface area (Å²) >= 11 is 0. The van der Waals surface area contributed by atoms with Crippen molar-refractivity contribution >= 4 is 5.91 Å². The molecule has 18 heavy (non-hydrogen) atoms. The van der Waals surface area contributed by atoms with Gasteiger partial charge in [-0.2, -0.15) is 0 Å². The van der Waals surface area contributed by atoms with E-state index in [9.17, 15) is 9.18 Å². The summed E-state index contributed by atoms with van der Waals surface area (Å²) in [7, 11) is 0. The molecule has 0 unspecified atom stereocenters. The molecule has 1 amide bonds. The average molecular weight is 253 g/mol. The van der Waals surface area contributed by atoms with E-state index in [1.54, 1.807) is 12.1 Å². The van der Waals surface area contributed by atoms with E-state index in [0.29, 0.717) is 18.9 Å². The van der Waals surface area contributed by atoms with Crippen LogP contribution >= 0.6 is 0 Å². The molecule has 0 aromatic heterocycles. The molecule has 3 nitrogen and oxygen atoms in total. The predicted molar refractivity (Wildman–Crippen MR) is 69.0 cm³/mol. The van der Waals surface area contributed by atoms with Crippen molar-refractivity contribution in [3.63, 3.8) is 0 Å². The number of hydrogen-bond donors (Lipinski definition) is 1. The fourth-order valence-electron chi connectivity index (χ4n) is 1.43. The molecule has 1 aromatic carbocycles. The number of carbonyl (C=O) groups is 1. The largest absolute Gasteiger partial charge is 0.478 e. The van der Waals surface area contributed by atoms with Crippen LogP contribution < -0.4 is 10.1 Å². The molecular weight excluding hydrogens is 233 g/mol. The van der Waals surface area contributed by atoms with E-state index in [4.69, 9.17) is 4.74 Å². The van der Waals surface area contributed by atoms with Crippen molar-refractivity contribution in [3.05, 3.63) is 30.1 Å². The number of benzene rings is 1. The summed E-state index contributed by atoms with van der Waals surface area (Å²) in [6.45, 7) is 6.45. The maximum atomic E-state index is 13.4. The number of ether oxygens (including phenoxy) is 1. The molecule has 0 saturated heterocycles. The molecule has 1 atom stereocenters. The zero-order valence-corrected chi connectivity index (χ0v) is 11.1. The van der Waals surface area contributed by atoms with E-state index in [0.717, 1.165) is 0 Å². The summed E-state index contributed by atoms with van der Waals surface area (Å²) in [5.41, 5.74) is 0. The lowest BCUT2D eigenvalue weighted by molar-refractivity contribution is -0.128. The maximum Gasteiger partial charge on any atom is 0.261 e. The second-order valence-electron chi connectivity index (χ2n) is 4.58. The molecule has 0 heterocycles. The monoisotopic (exact) mass is 253 g/mol. The Hall–Kier alpha value is -1.58. The summed E-state index contributed by atoms with van der Waals surface area (Å²) in [5, 5.41) is 2.79. The normalized spacial score (nSPS) is 12.3. The first-order chi connectivity index (χ1) is 8.54. The highest BCUT2D eigenvalue weighted by Gasteiger charge is 2.19. The molecule has 1 rings (SSSR count). The molecule has 100 valence electrons. The molecule has 0 radical (unpaired) electrons. The van der Waals surface area contributed by atoms with Crippen molar-refractivity contribution < 1.29 is 13.9 Å². The minimum absolute atomic E-state index is 0.115. The highest BCUT2D eigenvalue weighted by molar-refractivity contribution is 5.81. The van der Waals surface area contributed by atoms with Crippen LogP contribution in [0.1, 0.15) is 27.2 Å². The number of para-hydroxylation sites is 1. The molecule has 0 aliphatic rings. The van der Waals surface area contributed by atoms with E-state index in [1.807, 2.05) is 20.8 Å². The Morgan fingerprint density at radius 3 is 2.61 bits per heavy atom. The van der Waals surface area contributed by atoms with Gasteiger partial charge in [-0.3, -0.25) is 4.79 Å². The lowest BCUT2D eigenvalue weighted by Crippen LogP contribution is -2.39. The SMILES string of the molecule is CC[C@@H](Oc1ccccc1F)C(=O)NCC(C)C. The van der Waals surface area contributed by atoms with Gasteiger partial charge in [-0.15, -0.1) is 0 Å². The summed E-state index contributed by atoms with van der Waals surface area (Å²) in [5.74, 6) is -0.161. The fraction of sp³-hybridized carbons (Fsp3) is 0.500. The molecule has 0 saturated carbocycles. The molecule has 4 heteroatoms. The van der Waals surface area contributed by atoms with Gasteiger partial charge in [0.05, 0.1) is 0 Å². The van der Waals surface area contributed by atoms with Gasteiger partial charge in [-0.05, 0) is 24.5 Å². The van der Waals surface area contributed by atoms with E-state index in [-0.39, 0.29) is 11.7 Å². The molecule has 0 bridgehead atoms. The second kappa shape index (κ2) is 6.99. The molecular formula is C14H20FNO2. The number of nitrogens with one attached hydrogen (secondary N) is 1. The number of amides is 1. The van der Waals surface area contributed by atoms with Gasteiger partial charge in [0, 0.05) is 6.54 Å².